The number of rotatable bonds is 7. The smallest absolute Gasteiger partial charge is 0.168 e. The molecule has 0 amide bonds. The van der Waals surface area contributed by atoms with Gasteiger partial charge in [0.25, 0.3) is 0 Å². The Morgan fingerprint density at radius 3 is 2.50 bits per heavy atom. The zero-order chi connectivity index (χ0) is 25.9. The van der Waals surface area contributed by atoms with Crippen molar-refractivity contribution in [1.29, 1.82) is 0 Å². The number of hydrogen-bond donors (Lipinski definition) is 1. The van der Waals surface area contributed by atoms with Gasteiger partial charge in [-0.2, -0.15) is 0 Å². The van der Waals surface area contributed by atoms with E-state index in [-0.39, 0.29) is 26.0 Å². The first-order chi connectivity index (χ1) is 17.9. The third-order valence-electron chi connectivity index (χ3n) is 7.19. The molecule has 1 aliphatic carbocycles. The number of benzene rings is 3. The van der Waals surface area contributed by atoms with E-state index < -0.39 is 11.6 Å². The third kappa shape index (κ3) is 5.87. The molecule has 0 unspecified atom stereocenters. The molecule has 3 nitrogen and oxygen atoms in total. The minimum Gasteiger partial charge on any atom is -0.505 e. The maximum absolute atomic E-state index is 15.1. The van der Waals surface area contributed by atoms with Crippen molar-refractivity contribution in [2.45, 2.75) is 45.6 Å². The standard InChI is InChI=1S/C30H29ClF3NO2.CH4/c31-20-7-10-23(27(33)17-20)24-3-1-4-26-25(11-12-28(36)30(26)34)29(24)19-5-8-21(9-6-19)37-22-13-16-35(18-22)15-2-14-32;/h5-12,17,22,36H,1-4,13-16,18H2;1H4/t22-;/m0./s1. The molecule has 202 valence electrons. The number of fused-ring (bicyclic) bond motifs is 1. The first-order valence-corrected chi connectivity index (χ1v) is 13.1. The van der Waals surface area contributed by atoms with Crippen molar-refractivity contribution >= 4 is 22.7 Å². The van der Waals surface area contributed by atoms with Gasteiger partial charge in [-0.1, -0.05) is 43.3 Å². The fourth-order valence-electron chi connectivity index (χ4n) is 5.42. The average Bonchev–Trinajstić information content (AvgIpc) is 3.24. The quantitative estimate of drug-likeness (QED) is 0.327. The van der Waals surface area contributed by atoms with E-state index in [1.807, 2.05) is 24.3 Å². The van der Waals surface area contributed by atoms with E-state index in [1.54, 1.807) is 18.2 Å². The number of aromatic hydroxyl groups is 1. The van der Waals surface area contributed by atoms with Crippen molar-refractivity contribution in [3.8, 4) is 11.5 Å². The predicted molar refractivity (Wildman–Crippen MR) is 148 cm³/mol. The normalized spacial score (nSPS) is 17.6. The van der Waals surface area contributed by atoms with Crippen LogP contribution in [0.4, 0.5) is 13.2 Å². The molecule has 1 N–H and O–H groups in total. The van der Waals surface area contributed by atoms with E-state index in [0.717, 1.165) is 42.8 Å². The van der Waals surface area contributed by atoms with Crippen LogP contribution in [-0.4, -0.2) is 42.4 Å². The van der Waals surface area contributed by atoms with Crippen LogP contribution in [-0.2, 0) is 6.42 Å². The Balaban J connectivity index is 0.00000336. The topological polar surface area (TPSA) is 32.7 Å². The van der Waals surface area contributed by atoms with E-state index in [9.17, 15) is 9.50 Å². The number of phenols is 1. The molecule has 0 radical (unpaired) electrons. The number of hydrogen-bond acceptors (Lipinski definition) is 3. The Hall–Kier alpha value is -2.96. The lowest BCUT2D eigenvalue weighted by molar-refractivity contribution is 0.198. The Morgan fingerprint density at radius 1 is 1.00 bits per heavy atom. The first-order valence-electron chi connectivity index (χ1n) is 12.7. The molecule has 3 aromatic carbocycles. The second-order valence-electron chi connectivity index (χ2n) is 9.65. The van der Waals surface area contributed by atoms with E-state index in [0.29, 0.717) is 53.1 Å². The van der Waals surface area contributed by atoms with Crippen LogP contribution < -0.4 is 4.74 Å². The van der Waals surface area contributed by atoms with E-state index in [2.05, 4.69) is 4.90 Å². The summed E-state index contributed by atoms with van der Waals surface area (Å²) >= 11 is 6.01. The molecule has 1 heterocycles. The zero-order valence-corrected chi connectivity index (χ0v) is 21.2. The summed E-state index contributed by atoms with van der Waals surface area (Å²) in [5.74, 6) is -0.737. The summed E-state index contributed by atoms with van der Waals surface area (Å²) in [7, 11) is 0. The van der Waals surface area contributed by atoms with Crippen LogP contribution in [0.2, 0.25) is 5.02 Å². The molecule has 1 atom stereocenters. The number of ether oxygens (including phenoxy) is 1. The minimum atomic E-state index is -0.633. The monoisotopic (exact) mass is 543 g/mol. The van der Waals surface area contributed by atoms with Crippen molar-refractivity contribution in [3.63, 3.8) is 0 Å². The second-order valence-corrected chi connectivity index (χ2v) is 10.1. The van der Waals surface area contributed by atoms with Crippen LogP contribution >= 0.6 is 11.6 Å². The molecule has 0 spiro atoms. The zero-order valence-electron chi connectivity index (χ0n) is 20.5. The lowest BCUT2D eigenvalue weighted by Gasteiger charge is -2.19. The molecule has 5 rings (SSSR count). The molecule has 0 aromatic heterocycles. The van der Waals surface area contributed by atoms with Crippen LogP contribution in [0, 0.1) is 11.6 Å². The van der Waals surface area contributed by atoms with Gasteiger partial charge in [-0.25, -0.2) is 8.78 Å². The molecule has 7 heteroatoms. The maximum Gasteiger partial charge on any atom is 0.168 e. The van der Waals surface area contributed by atoms with Crippen LogP contribution in [0.1, 0.15) is 55.4 Å². The highest BCUT2D eigenvalue weighted by Crippen LogP contribution is 2.43. The average molecular weight is 544 g/mol. The fraction of sp³-hybridized carbons (Fsp3) is 0.355. The van der Waals surface area contributed by atoms with Gasteiger partial charge in [0.2, 0.25) is 0 Å². The highest BCUT2D eigenvalue weighted by molar-refractivity contribution is 6.30. The van der Waals surface area contributed by atoms with Crippen LogP contribution in [0.5, 0.6) is 11.5 Å². The molecule has 0 saturated carbocycles. The number of nitrogens with zero attached hydrogens (tertiary/aromatic N) is 1. The second kappa shape index (κ2) is 12.3. The third-order valence-corrected chi connectivity index (χ3v) is 7.42. The van der Waals surface area contributed by atoms with Gasteiger partial charge in [-0.05, 0) is 90.3 Å². The SMILES string of the molecule is C.Oc1ccc2c(c1F)CCCC(c1ccc(Cl)cc1F)=C2c1ccc(O[C@H]2CCN(CCCF)C2)cc1. The Bertz CT molecular complexity index is 1310. The van der Waals surface area contributed by atoms with Gasteiger partial charge in [0.05, 0.1) is 6.67 Å². The van der Waals surface area contributed by atoms with E-state index in [1.165, 1.54) is 12.1 Å². The van der Waals surface area contributed by atoms with Gasteiger partial charge in [-0.3, -0.25) is 9.29 Å². The van der Waals surface area contributed by atoms with Crippen LogP contribution in [0.25, 0.3) is 11.1 Å². The summed E-state index contributed by atoms with van der Waals surface area (Å²) in [5.41, 5.74) is 3.81. The molecular formula is C31H33ClF3NO2. The molecule has 38 heavy (non-hydrogen) atoms. The summed E-state index contributed by atoms with van der Waals surface area (Å²) < 4.78 is 48.8. The largest absolute Gasteiger partial charge is 0.505 e. The molecule has 1 saturated heterocycles. The number of halogens is 4. The van der Waals surface area contributed by atoms with Gasteiger partial charge < -0.3 is 9.84 Å². The molecule has 1 aliphatic heterocycles. The fourth-order valence-corrected chi connectivity index (χ4v) is 5.58. The van der Waals surface area contributed by atoms with Gasteiger partial charge in [0, 0.05) is 30.2 Å². The lowest BCUT2D eigenvalue weighted by atomic mass is 9.87. The highest BCUT2D eigenvalue weighted by atomic mass is 35.5. The number of allylic oxidation sites excluding steroid dienone is 1. The number of alkyl halides is 1. The summed E-state index contributed by atoms with van der Waals surface area (Å²) in [6, 6.07) is 15.2. The Kier molecular flexibility index (Phi) is 9.06. The molecular weight excluding hydrogens is 511 g/mol. The van der Waals surface area contributed by atoms with Crippen LogP contribution in [0.15, 0.2) is 54.6 Å². The number of phenolic OH excluding ortho intramolecular Hbond substituents is 1. The molecule has 2 aliphatic rings. The van der Waals surface area contributed by atoms with Crippen molar-refractivity contribution in [2.24, 2.45) is 0 Å². The Morgan fingerprint density at radius 2 is 1.76 bits per heavy atom. The van der Waals surface area contributed by atoms with Crippen molar-refractivity contribution in [1.82, 2.24) is 4.90 Å². The Labute approximate surface area is 227 Å². The molecule has 3 aromatic rings. The minimum absolute atomic E-state index is 0. The van der Waals surface area contributed by atoms with Crippen molar-refractivity contribution in [3.05, 3.63) is 93.5 Å². The van der Waals surface area contributed by atoms with Crippen molar-refractivity contribution in [2.75, 3.05) is 26.3 Å². The van der Waals surface area contributed by atoms with E-state index in [4.69, 9.17) is 16.3 Å². The highest BCUT2D eigenvalue weighted by Gasteiger charge is 2.26. The van der Waals surface area contributed by atoms with Gasteiger partial charge in [-0.15, -0.1) is 0 Å². The molecule has 1 fully saturated rings. The maximum atomic E-state index is 15.1. The van der Waals surface area contributed by atoms with Crippen LogP contribution in [0.3, 0.4) is 0 Å². The first kappa shape index (κ1) is 28.1. The lowest BCUT2D eigenvalue weighted by Crippen LogP contribution is -2.26. The summed E-state index contributed by atoms with van der Waals surface area (Å²) in [6.45, 7) is 2.08. The summed E-state index contributed by atoms with van der Waals surface area (Å²) in [5, 5.41) is 10.3. The molecule has 0 bridgehead atoms. The van der Waals surface area contributed by atoms with Gasteiger partial charge in [0.15, 0.2) is 11.6 Å². The summed E-state index contributed by atoms with van der Waals surface area (Å²) in [4.78, 5) is 2.21. The van der Waals surface area contributed by atoms with E-state index >= 15 is 8.78 Å². The summed E-state index contributed by atoms with van der Waals surface area (Å²) in [6.07, 6.45) is 3.04. The van der Waals surface area contributed by atoms with Gasteiger partial charge >= 0.3 is 0 Å². The van der Waals surface area contributed by atoms with Crippen molar-refractivity contribution < 1.29 is 23.0 Å². The van der Waals surface area contributed by atoms with Gasteiger partial charge in [0.1, 0.15) is 17.7 Å². The number of likely N-dealkylation sites (tertiary alicyclic amines) is 1. The predicted octanol–water partition coefficient (Wildman–Crippen LogP) is 8.07.